The van der Waals surface area contributed by atoms with Gasteiger partial charge in [0, 0.05) is 45.0 Å². The summed E-state index contributed by atoms with van der Waals surface area (Å²) in [4.78, 5) is 12.1. The molecule has 0 radical (unpaired) electrons. The van der Waals surface area contributed by atoms with E-state index in [1.165, 1.54) is 28.7 Å². The Morgan fingerprint density at radius 1 is 0.759 bits per heavy atom. The smallest absolute Gasteiger partial charge is 0.140 e. The fourth-order valence-corrected chi connectivity index (χ4v) is 5.43. The van der Waals surface area contributed by atoms with E-state index in [-0.39, 0.29) is 0 Å². The average Bonchev–Trinajstić information content (AvgIpc) is 3.32. The van der Waals surface area contributed by atoms with Crippen LogP contribution in [0, 0.1) is 7.14 Å². The molecule has 0 aliphatic carbocycles. The molecular formula is C23H12BrI2N3. The summed E-state index contributed by atoms with van der Waals surface area (Å²) in [5.74, 6) is 0.885. The van der Waals surface area contributed by atoms with Crippen molar-refractivity contribution in [3.05, 3.63) is 72.4 Å². The van der Waals surface area contributed by atoms with Crippen molar-refractivity contribution in [3.8, 4) is 11.4 Å². The van der Waals surface area contributed by atoms with E-state index in [1.54, 1.807) is 0 Å². The summed E-state index contributed by atoms with van der Waals surface area (Å²) in [5, 5.41) is 6.03. The van der Waals surface area contributed by atoms with Crippen LogP contribution in [0.4, 0.5) is 0 Å². The van der Waals surface area contributed by atoms with E-state index in [2.05, 4.69) is 120 Å². The van der Waals surface area contributed by atoms with Gasteiger partial charge in [-0.25, -0.2) is 4.98 Å². The highest BCUT2D eigenvalue weighted by molar-refractivity contribution is 14.1. The van der Waals surface area contributed by atoms with Crippen LogP contribution in [-0.2, 0) is 0 Å². The summed E-state index contributed by atoms with van der Waals surface area (Å²) in [6.45, 7) is 0. The van der Waals surface area contributed by atoms with Gasteiger partial charge in [0.25, 0.3) is 0 Å². The highest BCUT2D eigenvalue weighted by atomic mass is 127. The number of hydrogen-bond donors (Lipinski definition) is 2. The Balaban J connectivity index is 1.77. The number of halogens is 3. The third kappa shape index (κ3) is 2.83. The molecular weight excluding hydrogens is 652 g/mol. The molecule has 6 rings (SSSR count). The topological polar surface area (TPSA) is 44.5 Å². The Bertz CT molecular complexity index is 1520. The second-order valence-electron chi connectivity index (χ2n) is 7.08. The van der Waals surface area contributed by atoms with Crippen LogP contribution in [0.3, 0.4) is 0 Å². The van der Waals surface area contributed by atoms with Crippen molar-refractivity contribution in [1.82, 2.24) is 15.0 Å². The molecule has 6 heteroatoms. The molecule has 0 saturated carbocycles. The van der Waals surface area contributed by atoms with Gasteiger partial charge in [0.2, 0.25) is 0 Å². The number of nitrogens with one attached hydrogen (secondary N) is 2. The van der Waals surface area contributed by atoms with Gasteiger partial charge in [-0.1, -0.05) is 28.1 Å². The standard InChI is InChI=1S/C23H12BrI2N3/c24-11-1-6-20-16(7-11)19(10-27-20)23-28-21-17-8-12(25)2-4-14(17)15-5-3-13(26)9-18(15)22(21)29-23/h1-10,27H,(H,28,29). The molecule has 0 aliphatic rings. The van der Waals surface area contributed by atoms with Gasteiger partial charge in [-0.05, 0) is 98.4 Å². The van der Waals surface area contributed by atoms with Crippen LogP contribution in [0.2, 0.25) is 0 Å². The molecule has 6 aromatic rings. The lowest BCUT2D eigenvalue weighted by Crippen LogP contribution is -1.84. The van der Waals surface area contributed by atoms with Crippen molar-refractivity contribution < 1.29 is 0 Å². The Kier molecular flexibility index (Phi) is 4.18. The molecule has 0 saturated heterocycles. The molecule has 0 atom stereocenters. The number of benzene rings is 4. The summed E-state index contributed by atoms with van der Waals surface area (Å²) in [6.07, 6.45) is 2.03. The average molecular weight is 664 g/mol. The van der Waals surface area contributed by atoms with Gasteiger partial charge in [0.1, 0.15) is 5.82 Å². The third-order valence-corrected chi connectivity index (χ3v) is 7.22. The van der Waals surface area contributed by atoms with Crippen molar-refractivity contribution in [1.29, 1.82) is 0 Å². The highest BCUT2D eigenvalue weighted by Crippen LogP contribution is 2.38. The van der Waals surface area contributed by atoms with Gasteiger partial charge in [0.05, 0.1) is 11.0 Å². The molecule has 0 amide bonds. The maximum absolute atomic E-state index is 5.09. The SMILES string of the molecule is Brc1ccc2[nH]cc(-c3nc4c5cc(I)ccc5c5ccc(I)cc5c4[nH]3)c2c1. The molecule has 0 bridgehead atoms. The highest BCUT2D eigenvalue weighted by Gasteiger charge is 2.16. The van der Waals surface area contributed by atoms with E-state index < -0.39 is 0 Å². The number of imidazole rings is 1. The minimum atomic E-state index is 0.885. The molecule has 140 valence electrons. The van der Waals surface area contributed by atoms with E-state index in [1.807, 2.05) is 12.3 Å². The van der Waals surface area contributed by atoms with E-state index in [0.29, 0.717) is 0 Å². The van der Waals surface area contributed by atoms with Crippen LogP contribution < -0.4 is 0 Å². The van der Waals surface area contributed by atoms with E-state index >= 15 is 0 Å². The number of hydrogen-bond acceptors (Lipinski definition) is 1. The first-order valence-corrected chi connectivity index (χ1v) is 12.0. The zero-order valence-corrected chi connectivity index (χ0v) is 20.8. The zero-order valence-electron chi connectivity index (χ0n) is 14.9. The maximum Gasteiger partial charge on any atom is 0.140 e. The van der Waals surface area contributed by atoms with Crippen molar-refractivity contribution in [3.63, 3.8) is 0 Å². The molecule has 4 aromatic carbocycles. The van der Waals surface area contributed by atoms with Crippen LogP contribution >= 0.6 is 61.1 Å². The van der Waals surface area contributed by atoms with Gasteiger partial charge in [-0.3, -0.25) is 0 Å². The number of H-pyrrole nitrogens is 2. The summed E-state index contributed by atoms with van der Waals surface area (Å²) in [6, 6.07) is 19.5. The van der Waals surface area contributed by atoms with Gasteiger partial charge < -0.3 is 9.97 Å². The fraction of sp³-hybridized carbons (Fsp3) is 0. The van der Waals surface area contributed by atoms with Crippen molar-refractivity contribution in [2.45, 2.75) is 0 Å². The summed E-state index contributed by atoms with van der Waals surface area (Å²) >= 11 is 8.34. The van der Waals surface area contributed by atoms with E-state index in [4.69, 9.17) is 4.98 Å². The van der Waals surface area contributed by atoms with Crippen molar-refractivity contribution >= 4 is 105 Å². The number of aromatic amines is 2. The van der Waals surface area contributed by atoms with Gasteiger partial charge >= 0.3 is 0 Å². The predicted octanol–water partition coefficient (Wildman–Crippen LogP) is 7.99. The number of fused-ring (bicyclic) bond motifs is 7. The van der Waals surface area contributed by atoms with Crippen LogP contribution in [-0.4, -0.2) is 15.0 Å². The molecule has 3 nitrogen and oxygen atoms in total. The molecule has 29 heavy (non-hydrogen) atoms. The lowest BCUT2D eigenvalue weighted by Gasteiger charge is -2.07. The molecule has 0 fully saturated rings. The molecule has 2 aromatic heterocycles. The maximum atomic E-state index is 5.09. The largest absolute Gasteiger partial charge is 0.360 e. The Labute approximate surface area is 201 Å². The first-order valence-electron chi connectivity index (χ1n) is 9.06. The molecule has 0 spiro atoms. The van der Waals surface area contributed by atoms with Crippen LogP contribution in [0.25, 0.3) is 54.9 Å². The van der Waals surface area contributed by atoms with Crippen LogP contribution in [0.5, 0.6) is 0 Å². The number of aromatic nitrogens is 3. The molecule has 0 aliphatic heterocycles. The third-order valence-electron chi connectivity index (χ3n) is 5.38. The first kappa shape index (κ1) is 18.1. The van der Waals surface area contributed by atoms with E-state index in [0.717, 1.165) is 37.8 Å². The summed E-state index contributed by atoms with van der Waals surface area (Å²) < 4.78 is 3.48. The monoisotopic (exact) mass is 663 g/mol. The second-order valence-corrected chi connectivity index (χ2v) is 10.5. The zero-order chi connectivity index (χ0) is 19.7. The second kappa shape index (κ2) is 6.68. The first-order chi connectivity index (χ1) is 14.1. The molecule has 2 heterocycles. The molecule has 0 unspecified atom stereocenters. The minimum absolute atomic E-state index is 0.885. The normalized spacial score (nSPS) is 12.0. The predicted molar refractivity (Wildman–Crippen MR) is 142 cm³/mol. The number of nitrogens with zero attached hydrogens (tertiary/aromatic N) is 1. The lowest BCUT2D eigenvalue weighted by atomic mass is 10.0. The Morgan fingerprint density at radius 3 is 2.28 bits per heavy atom. The lowest BCUT2D eigenvalue weighted by molar-refractivity contribution is 1.34. The van der Waals surface area contributed by atoms with Crippen LogP contribution in [0.1, 0.15) is 0 Å². The number of rotatable bonds is 1. The van der Waals surface area contributed by atoms with Crippen LogP contribution in [0.15, 0.2) is 65.3 Å². The Hall–Kier alpha value is -1.65. The van der Waals surface area contributed by atoms with Gasteiger partial charge in [0.15, 0.2) is 0 Å². The van der Waals surface area contributed by atoms with Gasteiger partial charge in [-0.2, -0.15) is 0 Å². The summed E-state index contributed by atoms with van der Waals surface area (Å²) in [5.41, 5.74) is 4.29. The quantitative estimate of drug-likeness (QED) is 0.136. The van der Waals surface area contributed by atoms with Crippen molar-refractivity contribution in [2.75, 3.05) is 0 Å². The minimum Gasteiger partial charge on any atom is -0.360 e. The Morgan fingerprint density at radius 2 is 1.48 bits per heavy atom. The summed E-state index contributed by atoms with van der Waals surface area (Å²) in [7, 11) is 0. The van der Waals surface area contributed by atoms with E-state index in [9.17, 15) is 0 Å². The fourth-order valence-electron chi connectivity index (χ4n) is 4.08. The van der Waals surface area contributed by atoms with Gasteiger partial charge in [-0.15, -0.1) is 0 Å². The molecule has 2 N–H and O–H groups in total. The van der Waals surface area contributed by atoms with Crippen molar-refractivity contribution in [2.24, 2.45) is 0 Å².